The van der Waals surface area contributed by atoms with Crippen molar-refractivity contribution in [2.45, 2.75) is 82.5 Å². The molecule has 4 aliphatic rings. The Bertz CT molecular complexity index is 1870. The molecule has 0 saturated carbocycles. The third kappa shape index (κ3) is 5.27. The molecule has 0 radical (unpaired) electrons. The molecule has 2 aromatic carbocycles. The highest BCUT2D eigenvalue weighted by molar-refractivity contribution is 6.02. The molecule has 252 valence electrons. The zero-order valence-corrected chi connectivity index (χ0v) is 28.2. The number of carbonyl (C=O) groups excluding carboxylic acids is 1. The van der Waals surface area contributed by atoms with Gasteiger partial charge in [-0.3, -0.25) is 14.8 Å². The largest absolute Gasteiger partial charge is 0.496 e. The van der Waals surface area contributed by atoms with Gasteiger partial charge in [-0.25, -0.2) is 9.18 Å². The molecule has 2 bridgehead atoms. The second kappa shape index (κ2) is 11.7. The van der Waals surface area contributed by atoms with Crippen LogP contribution in [0.1, 0.15) is 59.3 Å². The second-order valence-corrected chi connectivity index (χ2v) is 14.8. The molecule has 0 unspecified atom stereocenters. The fraction of sp³-hybridized carbons (Fsp3) is 0.514. The van der Waals surface area contributed by atoms with E-state index in [1.807, 2.05) is 62.1 Å². The van der Waals surface area contributed by atoms with Crippen LogP contribution in [0.15, 0.2) is 42.6 Å². The second-order valence-electron chi connectivity index (χ2n) is 14.8. The molecule has 1 amide bonds. The van der Waals surface area contributed by atoms with Gasteiger partial charge in [0.25, 0.3) is 0 Å². The molecule has 2 atom stereocenters. The van der Waals surface area contributed by atoms with E-state index in [1.54, 1.807) is 13.3 Å². The van der Waals surface area contributed by atoms with Crippen molar-refractivity contribution in [3.63, 3.8) is 0 Å². The summed E-state index contributed by atoms with van der Waals surface area (Å²) in [6.45, 7) is 9.38. The molecule has 6 heterocycles. The topological polar surface area (TPSA) is 93.2 Å². The lowest BCUT2D eigenvalue weighted by atomic mass is 9.95. The van der Waals surface area contributed by atoms with Crippen molar-refractivity contribution < 1.29 is 23.4 Å². The number of methoxy groups -OCH3 is 1. The minimum Gasteiger partial charge on any atom is -0.496 e. The molecule has 4 fully saturated rings. The van der Waals surface area contributed by atoms with Gasteiger partial charge in [-0.1, -0.05) is 30.3 Å². The van der Waals surface area contributed by atoms with Crippen LogP contribution in [0.5, 0.6) is 11.8 Å². The maximum Gasteiger partial charge on any atom is 0.410 e. The number of carbonyl (C=O) groups is 1. The quantitative estimate of drug-likeness (QED) is 0.228. The number of rotatable bonds is 6. The number of hydrogen-bond acceptors (Lipinski definition) is 9. The van der Waals surface area contributed by atoms with Crippen LogP contribution in [0.25, 0.3) is 32.9 Å². The minimum atomic E-state index is -0.578. The zero-order valence-electron chi connectivity index (χ0n) is 28.2. The van der Waals surface area contributed by atoms with E-state index in [0.29, 0.717) is 42.2 Å². The predicted octanol–water partition coefficient (Wildman–Crippen LogP) is 6.59. The van der Waals surface area contributed by atoms with Gasteiger partial charge >= 0.3 is 12.1 Å². The Morgan fingerprint density at radius 3 is 2.42 bits per heavy atom. The number of amides is 1. The summed E-state index contributed by atoms with van der Waals surface area (Å²) in [7, 11) is 1.61. The van der Waals surface area contributed by atoms with Gasteiger partial charge in [0.05, 0.1) is 30.1 Å². The number of nitrogens with zero attached hydrogens (tertiary/aromatic N) is 6. The number of ether oxygens (including phenoxy) is 3. The molecule has 10 nitrogen and oxygen atoms in total. The first-order chi connectivity index (χ1) is 23.1. The number of fused-ring (bicyclic) bond motifs is 5. The highest BCUT2D eigenvalue weighted by atomic mass is 19.1. The number of halogens is 1. The van der Waals surface area contributed by atoms with Crippen molar-refractivity contribution in [1.29, 1.82) is 0 Å². The number of pyridine rings is 1. The third-order valence-electron chi connectivity index (χ3n) is 10.7. The van der Waals surface area contributed by atoms with E-state index >= 15 is 4.39 Å². The smallest absolute Gasteiger partial charge is 0.410 e. The van der Waals surface area contributed by atoms with Crippen LogP contribution in [0, 0.1) is 5.82 Å². The summed E-state index contributed by atoms with van der Waals surface area (Å²) < 4.78 is 34.8. The summed E-state index contributed by atoms with van der Waals surface area (Å²) in [5.74, 6) is 0.694. The first-order valence-electron chi connectivity index (χ1n) is 17.2. The van der Waals surface area contributed by atoms with Crippen molar-refractivity contribution in [2.75, 3.05) is 44.8 Å². The summed E-state index contributed by atoms with van der Waals surface area (Å²) in [5, 5.41) is 2.23. The van der Waals surface area contributed by atoms with Gasteiger partial charge in [0.2, 0.25) is 0 Å². The van der Waals surface area contributed by atoms with Crippen LogP contribution in [0.4, 0.5) is 15.0 Å². The Labute approximate surface area is 280 Å². The monoisotopic (exact) mass is 654 g/mol. The summed E-state index contributed by atoms with van der Waals surface area (Å²) >= 11 is 0. The Morgan fingerprint density at radius 1 is 1.02 bits per heavy atom. The molecule has 4 saturated heterocycles. The van der Waals surface area contributed by atoms with E-state index in [0.717, 1.165) is 62.4 Å². The van der Waals surface area contributed by atoms with E-state index in [1.165, 1.54) is 0 Å². The third-order valence-corrected chi connectivity index (χ3v) is 10.7. The first-order valence-corrected chi connectivity index (χ1v) is 17.2. The Kier molecular flexibility index (Phi) is 7.58. The molecule has 4 aliphatic heterocycles. The Hall–Kier alpha value is -4.25. The normalized spacial score (nSPS) is 22.0. The van der Waals surface area contributed by atoms with Crippen LogP contribution < -0.4 is 14.4 Å². The summed E-state index contributed by atoms with van der Waals surface area (Å²) in [4.78, 5) is 34.2. The number of hydrogen-bond donors (Lipinski definition) is 0. The van der Waals surface area contributed by atoms with Crippen LogP contribution in [-0.4, -0.2) is 94.0 Å². The standard InChI is InChI=1S/C37H43FN6O4/c1-36(2,3)48-35(45)44-24-13-14-25(44)21-42(20-24)33-27-19-39-31(26-11-5-9-23-10-6-12-28(46-4)29(23)26)30(38)32(27)40-34(41-33)47-22-37-15-7-17-43(37)18-8-16-37/h5-6,9-12,19,24-25H,7-8,13-18,20-22H2,1-4H3/t24-,25+. The highest BCUT2D eigenvalue weighted by Crippen LogP contribution is 2.42. The molecular weight excluding hydrogens is 611 g/mol. The van der Waals surface area contributed by atoms with Crippen molar-refractivity contribution >= 4 is 33.6 Å². The lowest BCUT2D eigenvalue weighted by Crippen LogP contribution is -2.57. The van der Waals surface area contributed by atoms with Gasteiger partial charge in [-0.05, 0) is 83.8 Å². The molecule has 0 aliphatic carbocycles. The van der Waals surface area contributed by atoms with Crippen molar-refractivity contribution in [2.24, 2.45) is 0 Å². The molecular formula is C37H43FN6O4. The van der Waals surface area contributed by atoms with Gasteiger partial charge in [0, 0.05) is 30.2 Å². The SMILES string of the molecule is COc1cccc2cccc(-c3ncc4c(N5C[C@H]6CC[C@@H](C5)N6C(=O)OC(C)(C)C)nc(OCC56CCCN5CCC6)nc4c3F)c12. The fourth-order valence-electron chi connectivity index (χ4n) is 8.54. The van der Waals surface area contributed by atoms with Gasteiger partial charge in [0.15, 0.2) is 5.82 Å². The van der Waals surface area contributed by atoms with E-state index in [4.69, 9.17) is 29.2 Å². The molecule has 0 spiro atoms. The van der Waals surface area contributed by atoms with Crippen molar-refractivity contribution in [3.05, 3.63) is 48.4 Å². The maximum absolute atomic E-state index is 16.9. The maximum atomic E-state index is 16.9. The molecule has 8 rings (SSSR count). The van der Waals surface area contributed by atoms with Gasteiger partial charge in [-0.2, -0.15) is 9.97 Å². The number of anilines is 1. The van der Waals surface area contributed by atoms with Crippen LogP contribution in [-0.2, 0) is 4.74 Å². The van der Waals surface area contributed by atoms with E-state index in [2.05, 4.69) is 9.80 Å². The van der Waals surface area contributed by atoms with Crippen molar-refractivity contribution in [3.8, 4) is 23.0 Å². The zero-order chi connectivity index (χ0) is 33.2. The van der Waals surface area contributed by atoms with E-state index < -0.39 is 11.4 Å². The van der Waals surface area contributed by atoms with Gasteiger partial charge in [-0.15, -0.1) is 0 Å². The first kappa shape index (κ1) is 31.0. The van der Waals surface area contributed by atoms with Gasteiger partial charge < -0.3 is 19.1 Å². The highest BCUT2D eigenvalue weighted by Gasteiger charge is 2.46. The summed E-state index contributed by atoms with van der Waals surface area (Å²) in [6.07, 6.45) is 7.58. The average molecular weight is 655 g/mol. The van der Waals surface area contributed by atoms with Gasteiger partial charge in [0.1, 0.15) is 35.0 Å². The molecule has 4 aromatic rings. The number of benzene rings is 2. The Balaban J connectivity index is 1.21. The lowest BCUT2D eigenvalue weighted by Gasteiger charge is -2.42. The molecule has 2 aromatic heterocycles. The summed E-state index contributed by atoms with van der Waals surface area (Å²) in [6, 6.07) is 11.6. The van der Waals surface area contributed by atoms with E-state index in [9.17, 15) is 4.79 Å². The summed E-state index contributed by atoms with van der Waals surface area (Å²) in [5.41, 5.74) is 0.395. The molecule has 0 N–H and O–H groups in total. The minimum absolute atomic E-state index is 0.0158. The molecule has 48 heavy (non-hydrogen) atoms. The van der Waals surface area contributed by atoms with Crippen LogP contribution in [0.2, 0.25) is 0 Å². The van der Waals surface area contributed by atoms with E-state index in [-0.39, 0.29) is 40.9 Å². The predicted molar refractivity (Wildman–Crippen MR) is 182 cm³/mol. The Morgan fingerprint density at radius 2 is 1.73 bits per heavy atom. The lowest BCUT2D eigenvalue weighted by molar-refractivity contribution is 0.0122. The number of piperazine rings is 1. The molecule has 11 heteroatoms. The number of aromatic nitrogens is 3. The fourth-order valence-corrected chi connectivity index (χ4v) is 8.54. The van der Waals surface area contributed by atoms with Crippen molar-refractivity contribution in [1.82, 2.24) is 24.8 Å². The van der Waals surface area contributed by atoms with Crippen LogP contribution in [0.3, 0.4) is 0 Å². The average Bonchev–Trinajstić information content (AvgIpc) is 3.73. The van der Waals surface area contributed by atoms with Crippen LogP contribution >= 0.6 is 0 Å².